The average Bonchev–Trinajstić information content (AvgIpc) is 2.43. The van der Waals surface area contributed by atoms with E-state index in [0.29, 0.717) is 18.7 Å². The van der Waals surface area contributed by atoms with Crippen LogP contribution in [0.2, 0.25) is 0 Å². The lowest BCUT2D eigenvalue weighted by atomic mass is 10.2. The van der Waals surface area contributed by atoms with Crippen LogP contribution in [-0.4, -0.2) is 44.6 Å². The highest BCUT2D eigenvalue weighted by Crippen LogP contribution is 2.14. The number of nitrogens with zero attached hydrogens (tertiary/aromatic N) is 1. The summed E-state index contributed by atoms with van der Waals surface area (Å²) in [6.07, 6.45) is 0. The van der Waals surface area contributed by atoms with Crippen LogP contribution >= 0.6 is 0 Å². The Labute approximate surface area is 115 Å². The Morgan fingerprint density at radius 1 is 1.21 bits per heavy atom. The second-order valence-electron chi connectivity index (χ2n) is 4.19. The topological polar surface area (TPSA) is 69.6 Å². The van der Waals surface area contributed by atoms with Crippen molar-refractivity contribution in [3.05, 3.63) is 29.8 Å². The molecule has 2 N–H and O–H groups in total. The molecule has 19 heavy (non-hydrogen) atoms. The summed E-state index contributed by atoms with van der Waals surface area (Å²) in [4.78, 5) is 2.29. The van der Waals surface area contributed by atoms with Gasteiger partial charge >= 0.3 is 0 Å². The Balaban J connectivity index is 2.71. The Bertz CT molecular complexity index is 484. The van der Waals surface area contributed by atoms with Crippen LogP contribution in [0.1, 0.15) is 19.4 Å². The molecule has 1 aromatic carbocycles. The first-order valence-corrected chi connectivity index (χ1v) is 7.94. The minimum Gasteiger partial charge on any atom is -0.392 e. The first kappa shape index (κ1) is 16.1. The lowest BCUT2D eigenvalue weighted by molar-refractivity contribution is 0.278. The minimum atomic E-state index is -3.55. The molecule has 0 amide bonds. The molecule has 0 heterocycles. The molecule has 0 spiro atoms. The van der Waals surface area contributed by atoms with Crippen molar-refractivity contribution >= 4 is 10.0 Å². The maximum absolute atomic E-state index is 12.1. The Hall–Kier alpha value is -0.950. The smallest absolute Gasteiger partial charge is 0.240 e. The van der Waals surface area contributed by atoms with E-state index in [2.05, 4.69) is 9.62 Å². The van der Waals surface area contributed by atoms with Crippen molar-refractivity contribution in [2.45, 2.75) is 25.3 Å². The number of hydrogen-bond donors (Lipinski definition) is 2. The molecule has 1 aromatic rings. The largest absolute Gasteiger partial charge is 0.392 e. The minimum absolute atomic E-state index is 0.150. The van der Waals surface area contributed by atoms with Gasteiger partial charge in [0.15, 0.2) is 0 Å². The van der Waals surface area contributed by atoms with Gasteiger partial charge in [0.25, 0.3) is 0 Å². The van der Waals surface area contributed by atoms with Crippen LogP contribution in [0.5, 0.6) is 0 Å². The van der Waals surface area contributed by atoms with Crippen LogP contribution in [0.25, 0.3) is 0 Å². The first-order valence-electron chi connectivity index (χ1n) is 6.46. The summed E-state index contributed by atoms with van der Waals surface area (Å²) < 4.78 is 26.8. The van der Waals surface area contributed by atoms with Crippen molar-refractivity contribution < 1.29 is 13.5 Å². The van der Waals surface area contributed by atoms with Crippen LogP contribution in [0.3, 0.4) is 0 Å². The highest BCUT2D eigenvalue weighted by Gasteiger charge is 2.17. The van der Waals surface area contributed by atoms with Gasteiger partial charge in [-0.15, -0.1) is 0 Å². The molecule has 0 bridgehead atoms. The van der Waals surface area contributed by atoms with Crippen molar-refractivity contribution in [1.29, 1.82) is 0 Å². The number of rotatable bonds is 8. The highest BCUT2D eigenvalue weighted by molar-refractivity contribution is 7.89. The van der Waals surface area contributed by atoms with Crippen LogP contribution in [-0.2, 0) is 16.6 Å². The number of benzene rings is 1. The number of hydrogen-bond acceptors (Lipinski definition) is 4. The van der Waals surface area contributed by atoms with Gasteiger partial charge in [0.05, 0.1) is 11.5 Å². The molecule has 1 rings (SSSR count). The van der Waals surface area contributed by atoms with Gasteiger partial charge in [0, 0.05) is 13.1 Å². The lowest BCUT2D eigenvalue weighted by Gasteiger charge is -2.18. The summed E-state index contributed by atoms with van der Waals surface area (Å²) in [5.74, 6) is 0. The van der Waals surface area contributed by atoms with Gasteiger partial charge in [-0.25, -0.2) is 13.1 Å². The van der Waals surface area contributed by atoms with Crippen LogP contribution < -0.4 is 4.72 Å². The molecule has 0 unspecified atom stereocenters. The quantitative estimate of drug-likeness (QED) is 0.741. The number of aliphatic hydroxyl groups excluding tert-OH is 1. The third kappa shape index (κ3) is 4.58. The van der Waals surface area contributed by atoms with Gasteiger partial charge in [-0.2, -0.15) is 0 Å². The molecule has 0 aliphatic rings. The third-order valence-electron chi connectivity index (χ3n) is 3.05. The molecular weight excluding hydrogens is 264 g/mol. The lowest BCUT2D eigenvalue weighted by Crippen LogP contribution is -2.35. The number of aliphatic hydroxyl groups is 1. The van der Waals surface area contributed by atoms with Gasteiger partial charge in [0.2, 0.25) is 10.0 Å². The van der Waals surface area contributed by atoms with E-state index >= 15 is 0 Å². The molecule has 108 valence electrons. The van der Waals surface area contributed by atoms with E-state index in [9.17, 15) is 13.5 Å². The van der Waals surface area contributed by atoms with Gasteiger partial charge < -0.3 is 10.0 Å². The molecule has 0 fully saturated rings. The fraction of sp³-hybridized carbons (Fsp3) is 0.538. The summed E-state index contributed by atoms with van der Waals surface area (Å²) in [6, 6.07) is 6.48. The highest BCUT2D eigenvalue weighted by atomic mass is 32.2. The third-order valence-corrected chi connectivity index (χ3v) is 4.61. The maximum atomic E-state index is 12.1. The zero-order chi connectivity index (χ0) is 14.3. The Kier molecular flexibility index (Phi) is 6.44. The maximum Gasteiger partial charge on any atom is 0.240 e. The van der Waals surface area contributed by atoms with Gasteiger partial charge in [-0.3, -0.25) is 0 Å². The van der Waals surface area contributed by atoms with Crippen molar-refractivity contribution in [2.24, 2.45) is 0 Å². The van der Waals surface area contributed by atoms with Crippen molar-refractivity contribution in [3.8, 4) is 0 Å². The molecule has 0 atom stereocenters. The summed E-state index contributed by atoms with van der Waals surface area (Å²) >= 11 is 0. The predicted molar refractivity (Wildman–Crippen MR) is 75.3 cm³/mol. The van der Waals surface area contributed by atoms with Crippen molar-refractivity contribution in [1.82, 2.24) is 9.62 Å². The van der Waals surface area contributed by atoms with Crippen LogP contribution in [0.4, 0.5) is 0 Å². The number of sulfonamides is 1. The molecule has 0 radical (unpaired) electrons. The Morgan fingerprint density at radius 3 is 2.42 bits per heavy atom. The second kappa shape index (κ2) is 7.59. The summed E-state index contributed by atoms with van der Waals surface area (Å²) in [5.41, 5.74) is 0.415. The molecule has 0 aromatic heterocycles. The zero-order valence-electron chi connectivity index (χ0n) is 11.5. The summed E-state index contributed by atoms with van der Waals surface area (Å²) in [5, 5.41) is 9.17. The average molecular weight is 286 g/mol. The normalized spacial score (nSPS) is 12.0. The molecule has 0 aliphatic carbocycles. The molecule has 0 saturated carbocycles. The molecule has 6 heteroatoms. The molecule has 0 saturated heterocycles. The monoisotopic (exact) mass is 286 g/mol. The van der Waals surface area contributed by atoms with Crippen LogP contribution in [0, 0.1) is 0 Å². The van der Waals surface area contributed by atoms with E-state index < -0.39 is 10.0 Å². The zero-order valence-corrected chi connectivity index (χ0v) is 12.3. The molecule has 0 aliphatic heterocycles. The van der Waals surface area contributed by atoms with Crippen molar-refractivity contribution in [2.75, 3.05) is 26.2 Å². The number of nitrogens with one attached hydrogen (secondary N) is 1. The van der Waals surface area contributed by atoms with E-state index in [0.717, 1.165) is 13.1 Å². The summed E-state index contributed by atoms with van der Waals surface area (Å²) in [6.45, 7) is 6.62. The van der Waals surface area contributed by atoms with E-state index in [1.165, 1.54) is 6.07 Å². The van der Waals surface area contributed by atoms with Gasteiger partial charge in [-0.05, 0) is 24.7 Å². The second-order valence-corrected chi connectivity index (χ2v) is 5.93. The first-order chi connectivity index (χ1) is 9.05. The van der Waals surface area contributed by atoms with Gasteiger partial charge in [0.1, 0.15) is 0 Å². The van der Waals surface area contributed by atoms with Crippen molar-refractivity contribution in [3.63, 3.8) is 0 Å². The summed E-state index contributed by atoms with van der Waals surface area (Å²) in [7, 11) is -3.55. The van der Waals surface area contributed by atoms with Gasteiger partial charge in [-0.1, -0.05) is 32.0 Å². The SMILES string of the molecule is CCN(CC)CCNS(=O)(=O)c1ccccc1CO. The predicted octanol–water partition coefficient (Wildman–Crippen LogP) is 0.799. The van der Waals surface area contributed by atoms with Crippen LogP contribution in [0.15, 0.2) is 29.2 Å². The van der Waals surface area contributed by atoms with E-state index in [-0.39, 0.29) is 11.5 Å². The van der Waals surface area contributed by atoms with E-state index in [1.54, 1.807) is 18.2 Å². The number of likely N-dealkylation sites (N-methyl/N-ethyl adjacent to an activating group) is 1. The molecular formula is C13H22N2O3S. The Morgan fingerprint density at radius 2 is 1.84 bits per heavy atom. The fourth-order valence-corrected chi connectivity index (χ4v) is 3.10. The fourth-order valence-electron chi connectivity index (χ4n) is 1.85. The van der Waals surface area contributed by atoms with E-state index in [1.807, 2.05) is 13.8 Å². The van der Waals surface area contributed by atoms with E-state index in [4.69, 9.17) is 0 Å². The molecule has 5 nitrogen and oxygen atoms in total. The standard InChI is InChI=1S/C13H22N2O3S/c1-3-15(4-2)10-9-14-19(17,18)13-8-6-5-7-12(13)11-16/h5-8,14,16H,3-4,9-11H2,1-2H3.